The second-order valence-electron chi connectivity index (χ2n) is 5.78. The van der Waals surface area contributed by atoms with Gasteiger partial charge in [0.25, 0.3) is 0 Å². The monoisotopic (exact) mass is 476 g/mol. The Bertz CT molecular complexity index is 979. The number of hydrogen-bond acceptors (Lipinski definition) is 6. The van der Waals surface area contributed by atoms with Crippen LogP contribution in [-0.2, 0) is 0 Å². The summed E-state index contributed by atoms with van der Waals surface area (Å²) in [5.74, 6) is 1.19. The molecule has 0 radical (unpaired) electrons. The number of hydrogen-bond donors (Lipinski definition) is 2. The lowest BCUT2D eigenvalue weighted by atomic mass is 9.83. The predicted octanol–water partition coefficient (Wildman–Crippen LogP) is 3.79. The maximum Gasteiger partial charge on any atom is 0.205 e. The smallest absolute Gasteiger partial charge is 0.205 e. The van der Waals surface area contributed by atoms with E-state index in [2.05, 4.69) is 35.2 Å². The van der Waals surface area contributed by atoms with Crippen LogP contribution in [0.1, 0.15) is 17.0 Å². The number of nitriles is 1. The van der Waals surface area contributed by atoms with Crippen LogP contribution < -0.4 is 19.9 Å². The molecule has 1 aliphatic heterocycles. The largest absolute Gasteiger partial charge is 0.508 e. The van der Waals surface area contributed by atoms with E-state index >= 15 is 0 Å². The van der Waals surface area contributed by atoms with Gasteiger partial charge in [-0.1, -0.05) is 18.7 Å². The molecular formula is C20H17IN2O4. The first kappa shape index (κ1) is 18.9. The van der Waals surface area contributed by atoms with Crippen molar-refractivity contribution in [3.05, 3.63) is 69.1 Å². The van der Waals surface area contributed by atoms with Crippen molar-refractivity contribution in [3.8, 4) is 29.1 Å². The fraction of sp³-hybridized carbons (Fsp3) is 0.150. The molecule has 27 heavy (non-hydrogen) atoms. The molecule has 0 fully saturated rings. The first-order valence-corrected chi connectivity index (χ1v) is 9.09. The molecule has 6 nitrogen and oxygen atoms in total. The van der Waals surface area contributed by atoms with Gasteiger partial charge in [-0.05, 0) is 46.4 Å². The van der Waals surface area contributed by atoms with Crippen LogP contribution in [0.5, 0.6) is 23.0 Å². The minimum atomic E-state index is -0.449. The van der Waals surface area contributed by atoms with Crippen LogP contribution in [0.25, 0.3) is 0 Å². The fourth-order valence-corrected chi connectivity index (χ4v) is 3.76. The highest BCUT2D eigenvalue weighted by Crippen LogP contribution is 2.46. The van der Waals surface area contributed by atoms with Crippen molar-refractivity contribution in [2.45, 2.75) is 5.92 Å². The van der Waals surface area contributed by atoms with E-state index in [4.69, 9.17) is 19.9 Å². The van der Waals surface area contributed by atoms with Crippen LogP contribution in [0.2, 0.25) is 0 Å². The number of methoxy groups -OCH3 is 1. The van der Waals surface area contributed by atoms with Gasteiger partial charge in [-0.25, -0.2) is 0 Å². The Morgan fingerprint density at radius 3 is 2.85 bits per heavy atom. The van der Waals surface area contributed by atoms with Crippen LogP contribution in [0.3, 0.4) is 0 Å². The summed E-state index contributed by atoms with van der Waals surface area (Å²) in [5.41, 5.74) is 7.80. The molecule has 0 saturated heterocycles. The molecule has 1 atom stereocenters. The van der Waals surface area contributed by atoms with Gasteiger partial charge in [0.05, 0.1) is 16.6 Å². The summed E-state index contributed by atoms with van der Waals surface area (Å²) >= 11 is 2.16. The van der Waals surface area contributed by atoms with Crippen molar-refractivity contribution < 1.29 is 19.3 Å². The van der Waals surface area contributed by atoms with Crippen molar-refractivity contribution in [1.82, 2.24) is 0 Å². The van der Waals surface area contributed by atoms with Gasteiger partial charge < -0.3 is 25.1 Å². The highest BCUT2D eigenvalue weighted by atomic mass is 127. The van der Waals surface area contributed by atoms with E-state index in [0.717, 1.165) is 14.7 Å². The number of rotatable bonds is 5. The molecule has 3 rings (SSSR count). The Morgan fingerprint density at radius 1 is 1.41 bits per heavy atom. The van der Waals surface area contributed by atoms with Gasteiger partial charge in [0, 0.05) is 11.6 Å². The molecule has 0 saturated carbocycles. The molecular weight excluding hydrogens is 459 g/mol. The van der Waals surface area contributed by atoms with Gasteiger partial charge in [0.15, 0.2) is 11.5 Å². The minimum absolute atomic E-state index is 0.0153. The SMILES string of the molecule is C=CCOc1c(I)cc([C@@H]2C(C#N)=C(N)Oc3cc(O)ccc32)cc1OC. The summed E-state index contributed by atoms with van der Waals surface area (Å²) in [7, 11) is 1.56. The van der Waals surface area contributed by atoms with E-state index in [1.54, 1.807) is 25.3 Å². The zero-order valence-corrected chi connectivity index (χ0v) is 16.7. The van der Waals surface area contributed by atoms with Gasteiger partial charge in [-0.2, -0.15) is 5.26 Å². The van der Waals surface area contributed by atoms with E-state index in [9.17, 15) is 10.4 Å². The third-order valence-electron chi connectivity index (χ3n) is 4.13. The first-order valence-electron chi connectivity index (χ1n) is 8.01. The molecule has 0 aliphatic carbocycles. The van der Waals surface area contributed by atoms with Crippen LogP contribution >= 0.6 is 22.6 Å². The number of phenols is 1. The first-order chi connectivity index (χ1) is 13.0. The third kappa shape index (κ3) is 3.53. The summed E-state index contributed by atoms with van der Waals surface area (Å²) < 4.78 is 17.6. The van der Waals surface area contributed by atoms with Crippen LogP contribution in [0, 0.1) is 14.9 Å². The lowest BCUT2D eigenvalue weighted by molar-refractivity contribution is 0.323. The summed E-state index contributed by atoms with van der Waals surface area (Å²) in [6.45, 7) is 4.00. The standard InChI is InChI=1S/C20H17IN2O4/c1-3-6-26-19-15(21)7-11(8-17(19)25-2)18-13-5-4-12(24)9-16(13)27-20(23)14(18)10-22/h3-5,7-9,18,24H,1,6,23H2,2H3/t18-/m0/s1. The lowest BCUT2D eigenvalue weighted by Crippen LogP contribution is -2.21. The molecule has 0 amide bonds. The second kappa shape index (κ2) is 7.80. The van der Waals surface area contributed by atoms with Gasteiger partial charge in [0.1, 0.15) is 29.7 Å². The minimum Gasteiger partial charge on any atom is -0.508 e. The maximum atomic E-state index is 9.75. The molecule has 2 aromatic carbocycles. The highest BCUT2D eigenvalue weighted by Gasteiger charge is 2.32. The number of halogens is 1. The molecule has 0 bridgehead atoms. The summed E-state index contributed by atoms with van der Waals surface area (Å²) in [6.07, 6.45) is 1.65. The molecule has 3 N–H and O–H groups in total. The Hall–Kier alpha value is -2.86. The molecule has 0 spiro atoms. The Balaban J connectivity index is 2.18. The number of nitrogens with two attached hydrogens (primary N) is 1. The molecule has 1 heterocycles. The van der Waals surface area contributed by atoms with Gasteiger partial charge in [-0.3, -0.25) is 0 Å². The molecule has 0 unspecified atom stereocenters. The maximum absolute atomic E-state index is 9.75. The van der Waals surface area contributed by atoms with Crippen LogP contribution in [-0.4, -0.2) is 18.8 Å². The Kier molecular flexibility index (Phi) is 5.46. The zero-order valence-electron chi connectivity index (χ0n) is 14.5. The number of phenolic OH excluding ortho intramolecular Hbond substituents is 1. The van der Waals surface area contributed by atoms with Crippen molar-refractivity contribution in [2.75, 3.05) is 13.7 Å². The van der Waals surface area contributed by atoms with Gasteiger partial charge in [-0.15, -0.1) is 0 Å². The average Bonchev–Trinajstić information content (AvgIpc) is 2.65. The lowest BCUT2D eigenvalue weighted by Gasteiger charge is -2.27. The highest BCUT2D eigenvalue weighted by molar-refractivity contribution is 14.1. The van der Waals surface area contributed by atoms with Crippen molar-refractivity contribution in [3.63, 3.8) is 0 Å². The van der Waals surface area contributed by atoms with E-state index in [0.29, 0.717) is 29.4 Å². The zero-order chi connectivity index (χ0) is 19.6. The molecule has 0 aromatic heterocycles. The predicted molar refractivity (Wildman–Crippen MR) is 109 cm³/mol. The van der Waals surface area contributed by atoms with Crippen molar-refractivity contribution >= 4 is 22.6 Å². The van der Waals surface area contributed by atoms with E-state index in [1.165, 1.54) is 6.07 Å². The number of fused-ring (bicyclic) bond motifs is 1. The van der Waals surface area contributed by atoms with Gasteiger partial charge in [0.2, 0.25) is 5.88 Å². The molecule has 7 heteroatoms. The molecule has 1 aliphatic rings. The number of aromatic hydroxyl groups is 1. The number of benzene rings is 2. The summed E-state index contributed by atoms with van der Waals surface area (Å²) in [5, 5.41) is 19.4. The fourth-order valence-electron chi connectivity index (χ4n) is 2.98. The number of nitrogens with zero attached hydrogens (tertiary/aromatic N) is 1. The van der Waals surface area contributed by atoms with Gasteiger partial charge >= 0.3 is 0 Å². The number of allylic oxidation sites excluding steroid dienone is 1. The Morgan fingerprint density at radius 2 is 2.19 bits per heavy atom. The molecule has 2 aromatic rings. The number of ether oxygens (including phenoxy) is 3. The van der Waals surface area contributed by atoms with Crippen LogP contribution in [0.15, 0.2) is 54.4 Å². The summed E-state index contributed by atoms with van der Waals surface area (Å²) in [4.78, 5) is 0. The third-order valence-corrected chi connectivity index (χ3v) is 4.93. The quantitative estimate of drug-likeness (QED) is 0.504. The Labute approximate surface area is 170 Å². The summed E-state index contributed by atoms with van der Waals surface area (Å²) in [6, 6.07) is 10.6. The normalized spacial score (nSPS) is 15.4. The average molecular weight is 476 g/mol. The van der Waals surface area contributed by atoms with Crippen molar-refractivity contribution in [1.29, 1.82) is 5.26 Å². The van der Waals surface area contributed by atoms with E-state index in [-0.39, 0.29) is 11.6 Å². The van der Waals surface area contributed by atoms with Crippen molar-refractivity contribution in [2.24, 2.45) is 5.73 Å². The van der Waals surface area contributed by atoms with Crippen LogP contribution in [0.4, 0.5) is 0 Å². The second-order valence-corrected chi connectivity index (χ2v) is 6.94. The van der Waals surface area contributed by atoms with E-state index < -0.39 is 5.92 Å². The topological polar surface area (TPSA) is 97.7 Å². The van der Waals surface area contributed by atoms with E-state index in [1.807, 2.05) is 12.1 Å². The molecule has 138 valence electrons.